The van der Waals surface area contributed by atoms with Crippen molar-refractivity contribution >= 4 is 17.7 Å². The van der Waals surface area contributed by atoms with Crippen LogP contribution in [0.4, 0.5) is 10.5 Å². The molecule has 1 aliphatic rings. The lowest BCUT2D eigenvalue weighted by molar-refractivity contribution is -0.116. The van der Waals surface area contributed by atoms with Crippen molar-refractivity contribution in [2.75, 3.05) is 18.9 Å². The molecule has 6 nitrogen and oxygen atoms in total. The van der Waals surface area contributed by atoms with Crippen LogP contribution in [0.3, 0.4) is 0 Å². The molecule has 1 aliphatic heterocycles. The molecule has 1 fully saturated rings. The predicted molar refractivity (Wildman–Crippen MR) is 71.9 cm³/mol. The molecule has 1 aromatic carbocycles. The summed E-state index contributed by atoms with van der Waals surface area (Å²) in [5.41, 5.74) is 0.924. The average Bonchev–Trinajstić information content (AvgIpc) is 2.76. The Morgan fingerprint density at radius 1 is 1.55 bits per heavy atom. The van der Waals surface area contributed by atoms with Crippen molar-refractivity contribution in [3.8, 4) is 6.07 Å². The second-order valence-electron chi connectivity index (χ2n) is 4.63. The van der Waals surface area contributed by atoms with Crippen molar-refractivity contribution in [2.24, 2.45) is 0 Å². The summed E-state index contributed by atoms with van der Waals surface area (Å²) in [6.45, 7) is 0.501. The van der Waals surface area contributed by atoms with Crippen LogP contribution in [0, 0.1) is 11.3 Å². The minimum Gasteiger partial charge on any atom is -0.444 e. The first-order valence-corrected chi connectivity index (χ1v) is 6.31. The summed E-state index contributed by atoms with van der Waals surface area (Å²) in [5, 5.41) is 11.6. The molecule has 1 saturated heterocycles. The van der Waals surface area contributed by atoms with Gasteiger partial charge in [0.25, 0.3) is 0 Å². The first kappa shape index (κ1) is 13.9. The Bertz CT molecular complexity index is 565. The fraction of sp³-hybridized carbons (Fsp3) is 0.357. The van der Waals surface area contributed by atoms with Gasteiger partial charge in [0, 0.05) is 13.5 Å². The Morgan fingerprint density at radius 3 is 2.95 bits per heavy atom. The zero-order chi connectivity index (χ0) is 14.5. The summed E-state index contributed by atoms with van der Waals surface area (Å²) in [6, 6.07) is 8.83. The standard InChI is InChI=1S/C14H15N3O3/c1-17-9-11(20-14(17)19)6-7-13(18)16-12-5-3-2-4-10(12)8-15/h2-5,11H,6-7,9H2,1H3,(H,16,18). The summed E-state index contributed by atoms with van der Waals surface area (Å²) >= 11 is 0. The van der Waals surface area contributed by atoms with Crippen molar-refractivity contribution in [2.45, 2.75) is 18.9 Å². The Morgan fingerprint density at radius 2 is 2.30 bits per heavy atom. The number of amides is 2. The van der Waals surface area contributed by atoms with E-state index in [1.165, 1.54) is 4.90 Å². The monoisotopic (exact) mass is 273 g/mol. The zero-order valence-corrected chi connectivity index (χ0v) is 11.1. The van der Waals surface area contributed by atoms with E-state index < -0.39 is 0 Å². The molecule has 1 unspecified atom stereocenters. The molecule has 104 valence electrons. The molecule has 0 bridgehead atoms. The molecule has 2 amide bonds. The van der Waals surface area contributed by atoms with Gasteiger partial charge in [0.15, 0.2) is 0 Å². The maximum absolute atomic E-state index is 11.8. The number of carbonyl (C=O) groups excluding carboxylic acids is 2. The van der Waals surface area contributed by atoms with Gasteiger partial charge in [-0.2, -0.15) is 5.26 Å². The Kier molecular flexibility index (Phi) is 4.20. The third kappa shape index (κ3) is 3.26. The van der Waals surface area contributed by atoms with Crippen LogP contribution in [0.1, 0.15) is 18.4 Å². The van der Waals surface area contributed by atoms with Crippen LogP contribution in [0.25, 0.3) is 0 Å². The molecule has 0 saturated carbocycles. The molecule has 0 aliphatic carbocycles. The van der Waals surface area contributed by atoms with E-state index in [9.17, 15) is 9.59 Å². The van der Waals surface area contributed by atoms with Gasteiger partial charge < -0.3 is 15.0 Å². The number of benzene rings is 1. The van der Waals surface area contributed by atoms with E-state index in [0.717, 1.165) is 0 Å². The molecule has 0 spiro atoms. The molecule has 1 heterocycles. The van der Waals surface area contributed by atoms with Crippen LogP contribution in [0.2, 0.25) is 0 Å². The minimum absolute atomic E-state index is 0.196. The molecule has 1 N–H and O–H groups in total. The number of carbonyl (C=O) groups is 2. The summed E-state index contributed by atoms with van der Waals surface area (Å²) in [5.74, 6) is -0.196. The number of hydrogen-bond donors (Lipinski definition) is 1. The van der Waals surface area contributed by atoms with Crippen LogP contribution < -0.4 is 5.32 Å². The lowest BCUT2D eigenvalue weighted by Gasteiger charge is -2.09. The minimum atomic E-state index is -0.356. The summed E-state index contributed by atoms with van der Waals surface area (Å²) in [4.78, 5) is 24.5. The Hall–Kier alpha value is -2.55. The highest BCUT2D eigenvalue weighted by Crippen LogP contribution is 2.16. The molecule has 0 aromatic heterocycles. The number of ether oxygens (including phenoxy) is 1. The van der Waals surface area contributed by atoms with Crippen molar-refractivity contribution < 1.29 is 14.3 Å². The molecule has 1 atom stereocenters. The lowest BCUT2D eigenvalue weighted by Crippen LogP contribution is -2.20. The van der Waals surface area contributed by atoms with E-state index in [2.05, 4.69) is 5.32 Å². The topological polar surface area (TPSA) is 82.4 Å². The van der Waals surface area contributed by atoms with Gasteiger partial charge in [-0.25, -0.2) is 4.79 Å². The molecular formula is C14H15N3O3. The van der Waals surface area contributed by atoms with Crippen molar-refractivity contribution in [3.05, 3.63) is 29.8 Å². The van der Waals surface area contributed by atoms with Gasteiger partial charge in [-0.15, -0.1) is 0 Å². The maximum Gasteiger partial charge on any atom is 0.409 e. The average molecular weight is 273 g/mol. The molecule has 2 rings (SSSR count). The van der Waals surface area contributed by atoms with Crippen molar-refractivity contribution in [3.63, 3.8) is 0 Å². The largest absolute Gasteiger partial charge is 0.444 e. The number of cyclic esters (lactones) is 1. The number of rotatable bonds is 4. The van der Waals surface area contributed by atoms with Crippen LogP contribution >= 0.6 is 0 Å². The van der Waals surface area contributed by atoms with Crippen molar-refractivity contribution in [1.29, 1.82) is 5.26 Å². The first-order chi connectivity index (χ1) is 9.60. The van der Waals surface area contributed by atoms with E-state index in [4.69, 9.17) is 10.00 Å². The quantitative estimate of drug-likeness (QED) is 0.905. The predicted octanol–water partition coefficient (Wildman–Crippen LogP) is 1.73. The SMILES string of the molecule is CN1CC(CCC(=O)Nc2ccccc2C#N)OC1=O. The number of nitrogens with one attached hydrogen (secondary N) is 1. The summed E-state index contributed by atoms with van der Waals surface area (Å²) in [7, 11) is 1.66. The summed E-state index contributed by atoms with van der Waals surface area (Å²) < 4.78 is 5.07. The first-order valence-electron chi connectivity index (χ1n) is 6.31. The van der Waals surface area contributed by atoms with E-state index in [1.807, 2.05) is 6.07 Å². The number of nitriles is 1. The van der Waals surface area contributed by atoms with Gasteiger partial charge >= 0.3 is 6.09 Å². The number of nitrogens with zero attached hydrogens (tertiary/aromatic N) is 2. The van der Waals surface area contributed by atoms with E-state index in [1.54, 1.807) is 31.3 Å². The van der Waals surface area contributed by atoms with Crippen molar-refractivity contribution in [1.82, 2.24) is 4.90 Å². The number of anilines is 1. The molecule has 1 aromatic rings. The highest BCUT2D eigenvalue weighted by atomic mass is 16.6. The lowest BCUT2D eigenvalue weighted by atomic mass is 10.1. The van der Waals surface area contributed by atoms with Gasteiger partial charge in [-0.3, -0.25) is 4.79 Å². The third-order valence-electron chi connectivity index (χ3n) is 3.07. The number of para-hydroxylation sites is 1. The molecule has 20 heavy (non-hydrogen) atoms. The van der Waals surface area contributed by atoms with Gasteiger partial charge in [0.05, 0.1) is 17.8 Å². The smallest absolute Gasteiger partial charge is 0.409 e. The maximum atomic E-state index is 11.8. The molecular weight excluding hydrogens is 258 g/mol. The van der Waals surface area contributed by atoms with Gasteiger partial charge in [-0.05, 0) is 18.6 Å². The Labute approximate surface area is 116 Å². The van der Waals surface area contributed by atoms with E-state index in [0.29, 0.717) is 24.2 Å². The number of hydrogen-bond acceptors (Lipinski definition) is 4. The Balaban J connectivity index is 1.84. The molecule has 0 radical (unpaired) electrons. The fourth-order valence-corrected chi connectivity index (χ4v) is 1.99. The van der Waals surface area contributed by atoms with Gasteiger partial charge in [0.2, 0.25) is 5.91 Å². The third-order valence-corrected chi connectivity index (χ3v) is 3.07. The van der Waals surface area contributed by atoms with Crippen LogP contribution in [0.5, 0.6) is 0 Å². The van der Waals surface area contributed by atoms with Crippen LogP contribution in [0.15, 0.2) is 24.3 Å². The van der Waals surface area contributed by atoms with Crippen LogP contribution in [-0.2, 0) is 9.53 Å². The normalized spacial score (nSPS) is 17.5. The number of likely N-dealkylation sites (N-methyl/N-ethyl adjacent to an activating group) is 1. The summed E-state index contributed by atoms with van der Waals surface area (Å²) in [6.07, 6.45) is 0.108. The van der Waals surface area contributed by atoms with E-state index >= 15 is 0 Å². The molecule has 6 heteroatoms. The zero-order valence-electron chi connectivity index (χ0n) is 11.1. The second kappa shape index (κ2) is 6.06. The van der Waals surface area contributed by atoms with E-state index in [-0.39, 0.29) is 24.5 Å². The highest BCUT2D eigenvalue weighted by molar-refractivity contribution is 5.92. The highest BCUT2D eigenvalue weighted by Gasteiger charge is 2.28. The van der Waals surface area contributed by atoms with Gasteiger partial charge in [0.1, 0.15) is 12.2 Å². The second-order valence-corrected chi connectivity index (χ2v) is 4.63. The van der Waals surface area contributed by atoms with Crippen LogP contribution in [-0.4, -0.2) is 36.6 Å². The van der Waals surface area contributed by atoms with Gasteiger partial charge in [-0.1, -0.05) is 12.1 Å². The fourth-order valence-electron chi connectivity index (χ4n) is 1.99.